The van der Waals surface area contributed by atoms with Crippen LogP contribution in [0.25, 0.3) is 0 Å². The van der Waals surface area contributed by atoms with E-state index in [0.29, 0.717) is 6.42 Å². The SMILES string of the molecule is C#CCCC(O)C1(CC)CCCC1. The van der Waals surface area contributed by atoms with E-state index in [1.54, 1.807) is 0 Å². The van der Waals surface area contributed by atoms with Crippen LogP contribution < -0.4 is 0 Å². The number of hydrogen-bond acceptors (Lipinski definition) is 1. The van der Waals surface area contributed by atoms with Crippen LogP contribution in [0.5, 0.6) is 0 Å². The summed E-state index contributed by atoms with van der Waals surface area (Å²) in [6, 6.07) is 0. The van der Waals surface area contributed by atoms with Gasteiger partial charge < -0.3 is 5.11 Å². The summed E-state index contributed by atoms with van der Waals surface area (Å²) in [7, 11) is 0. The zero-order valence-corrected chi connectivity index (χ0v) is 8.55. The zero-order chi connectivity index (χ0) is 9.73. The Labute approximate surface area is 81.5 Å². The van der Waals surface area contributed by atoms with Crippen molar-refractivity contribution in [2.24, 2.45) is 5.41 Å². The Morgan fingerprint density at radius 2 is 2.08 bits per heavy atom. The highest BCUT2D eigenvalue weighted by atomic mass is 16.3. The molecule has 74 valence electrons. The van der Waals surface area contributed by atoms with Gasteiger partial charge in [0.05, 0.1) is 6.10 Å². The van der Waals surface area contributed by atoms with E-state index in [4.69, 9.17) is 6.42 Å². The van der Waals surface area contributed by atoms with Crippen LogP contribution >= 0.6 is 0 Å². The third kappa shape index (κ3) is 2.25. The minimum atomic E-state index is -0.170. The van der Waals surface area contributed by atoms with Gasteiger partial charge in [0.1, 0.15) is 0 Å². The maximum Gasteiger partial charge on any atom is 0.0605 e. The van der Waals surface area contributed by atoms with Crippen LogP contribution in [0.3, 0.4) is 0 Å². The van der Waals surface area contributed by atoms with Crippen LogP contribution in [0, 0.1) is 17.8 Å². The summed E-state index contributed by atoms with van der Waals surface area (Å²) in [4.78, 5) is 0. The highest BCUT2D eigenvalue weighted by Gasteiger charge is 2.38. The van der Waals surface area contributed by atoms with Crippen LogP contribution in [0.4, 0.5) is 0 Å². The van der Waals surface area contributed by atoms with Gasteiger partial charge in [-0.3, -0.25) is 0 Å². The van der Waals surface area contributed by atoms with Crippen molar-refractivity contribution in [1.29, 1.82) is 0 Å². The Bertz CT molecular complexity index is 184. The molecule has 1 atom stereocenters. The number of hydrogen-bond donors (Lipinski definition) is 1. The largest absolute Gasteiger partial charge is 0.393 e. The van der Waals surface area contributed by atoms with Gasteiger partial charge in [-0.15, -0.1) is 12.3 Å². The topological polar surface area (TPSA) is 20.2 Å². The Morgan fingerprint density at radius 3 is 2.54 bits per heavy atom. The van der Waals surface area contributed by atoms with Crippen molar-refractivity contribution in [2.75, 3.05) is 0 Å². The average Bonchev–Trinajstić information content (AvgIpc) is 2.63. The molecule has 0 aromatic heterocycles. The van der Waals surface area contributed by atoms with Gasteiger partial charge in [-0.1, -0.05) is 19.8 Å². The molecule has 0 bridgehead atoms. The normalized spacial score (nSPS) is 22.5. The fourth-order valence-electron chi connectivity index (χ4n) is 2.53. The second-order valence-electron chi connectivity index (χ2n) is 4.18. The maximum absolute atomic E-state index is 10.0. The molecule has 0 saturated heterocycles. The molecule has 0 aromatic carbocycles. The van der Waals surface area contributed by atoms with Crippen LogP contribution in [-0.4, -0.2) is 11.2 Å². The van der Waals surface area contributed by atoms with Crippen molar-refractivity contribution in [3.63, 3.8) is 0 Å². The first-order valence-corrected chi connectivity index (χ1v) is 5.37. The Hall–Kier alpha value is -0.480. The van der Waals surface area contributed by atoms with Gasteiger partial charge in [0.15, 0.2) is 0 Å². The quantitative estimate of drug-likeness (QED) is 0.659. The first kappa shape index (κ1) is 10.6. The summed E-state index contributed by atoms with van der Waals surface area (Å²) in [5.74, 6) is 2.60. The molecule has 1 aliphatic rings. The molecule has 1 N–H and O–H groups in total. The van der Waals surface area contributed by atoms with Crippen molar-refractivity contribution in [3.05, 3.63) is 0 Å². The lowest BCUT2D eigenvalue weighted by molar-refractivity contribution is 0.0201. The number of aliphatic hydroxyl groups excluding tert-OH is 1. The van der Waals surface area contributed by atoms with E-state index >= 15 is 0 Å². The molecular formula is C12H20O. The van der Waals surface area contributed by atoms with Crippen molar-refractivity contribution >= 4 is 0 Å². The summed E-state index contributed by atoms with van der Waals surface area (Å²) in [5, 5.41) is 10.0. The summed E-state index contributed by atoms with van der Waals surface area (Å²) in [6.07, 6.45) is 12.6. The predicted octanol–water partition coefficient (Wildman–Crippen LogP) is 2.73. The van der Waals surface area contributed by atoms with Crippen LogP contribution in [-0.2, 0) is 0 Å². The Kier molecular flexibility index (Phi) is 3.81. The molecule has 1 fully saturated rings. The summed E-state index contributed by atoms with van der Waals surface area (Å²) in [5.41, 5.74) is 0.205. The first-order chi connectivity index (χ1) is 6.25. The van der Waals surface area contributed by atoms with E-state index in [2.05, 4.69) is 12.8 Å². The molecular weight excluding hydrogens is 160 g/mol. The van der Waals surface area contributed by atoms with E-state index in [0.717, 1.165) is 12.8 Å². The van der Waals surface area contributed by atoms with Gasteiger partial charge >= 0.3 is 0 Å². The fraction of sp³-hybridized carbons (Fsp3) is 0.833. The molecule has 1 nitrogen and oxygen atoms in total. The molecule has 1 rings (SSSR count). The molecule has 0 radical (unpaired) electrons. The number of rotatable bonds is 4. The maximum atomic E-state index is 10.0. The molecule has 1 saturated carbocycles. The lowest BCUT2D eigenvalue weighted by atomic mass is 9.76. The first-order valence-electron chi connectivity index (χ1n) is 5.37. The van der Waals surface area contributed by atoms with E-state index < -0.39 is 0 Å². The van der Waals surface area contributed by atoms with Crippen LogP contribution in [0.1, 0.15) is 51.9 Å². The fourth-order valence-corrected chi connectivity index (χ4v) is 2.53. The Balaban J connectivity index is 2.50. The third-order valence-corrected chi connectivity index (χ3v) is 3.57. The Morgan fingerprint density at radius 1 is 1.46 bits per heavy atom. The van der Waals surface area contributed by atoms with E-state index in [1.807, 2.05) is 0 Å². The minimum absolute atomic E-state index is 0.170. The zero-order valence-electron chi connectivity index (χ0n) is 8.55. The van der Waals surface area contributed by atoms with Gasteiger partial charge in [-0.25, -0.2) is 0 Å². The standard InChI is InChI=1S/C12H20O/c1-3-5-8-11(13)12(4-2)9-6-7-10-12/h1,11,13H,4-10H2,2H3. The highest BCUT2D eigenvalue weighted by Crippen LogP contribution is 2.44. The second kappa shape index (κ2) is 4.67. The van der Waals surface area contributed by atoms with Gasteiger partial charge in [-0.2, -0.15) is 0 Å². The molecule has 1 heteroatoms. The van der Waals surface area contributed by atoms with Crippen molar-refractivity contribution in [3.8, 4) is 12.3 Å². The van der Waals surface area contributed by atoms with Crippen molar-refractivity contribution in [2.45, 2.75) is 58.0 Å². The molecule has 1 aliphatic carbocycles. The van der Waals surface area contributed by atoms with Crippen molar-refractivity contribution < 1.29 is 5.11 Å². The number of terminal acetylenes is 1. The average molecular weight is 180 g/mol. The molecule has 0 heterocycles. The second-order valence-corrected chi connectivity index (χ2v) is 4.18. The molecule has 0 aromatic rings. The van der Waals surface area contributed by atoms with E-state index in [1.165, 1.54) is 25.7 Å². The molecule has 1 unspecified atom stereocenters. The van der Waals surface area contributed by atoms with Crippen LogP contribution in [0.2, 0.25) is 0 Å². The van der Waals surface area contributed by atoms with Gasteiger partial charge in [0.25, 0.3) is 0 Å². The molecule has 0 spiro atoms. The van der Waals surface area contributed by atoms with Gasteiger partial charge in [0.2, 0.25) is 0 Å². The van der Waals surface area contributed by atoms with E-state index in [-0.39, 0.29) is 11.5 Å². The molecule has 13 heavy (non-hydrogen) atoms. The predicted molar refractivity (Wildman–Crippen MR) is 55.3 cm³/mol. The summed E-state index contributed by atoms with van der Waals surface area (Å²) in [6.45, 7) is 2.18. The molecule has 0 amide bonds. The lowest BCUT2D eigenvalue weighted by Crippen LogP contribution is -2.31. The number of aliphatic hydroxyl groups is 1. The minimum Gasteiger partial charge on any atom is -0.393 e. The lowest BCUT2D eigenvalue weighted by Gasteiger charge is -2.33. The van der Waals surface area contributed by atoms with E-state index in [9.17, 15) is 5.11 Å². The van der Waals surface area contributed by atoms with Gasteiger partial charge in [0, 0.05) is 6.42 Å². The molecule has 0 aliphatic heterocycles. The smallest absolute Gasteiger partial charge is 0.0605 e. The van der Waals surface area contributed by atoms with Gasteiger partial charge in [-0.05, 0) is 31.1 Å². The van der Waals surface area contributed by atoms with Crippen LogP contribution in [0.15, 0.2) is 0 Å². The monoisotopic (exact) mass is 180 g/mol. The highest BCUT2D eigenvalue weighted by molar-refractivity contribution is 4.92. The third-order valence-electron chi connectivity index (χ3n) is 3.57. The summed E-state index contributed by atoms with van der Waals surface area (Å²) < 4.78 is 0. The summed E-state index contributed by atoms with van der Waals surface area (Å²) >= 11 is 0. The van der Waals surface area contributed by atoms with Crippen molar-refractivity contribution in [1.82, 2.24) is 0 Å².